The molecule has 7 nitrogen and oxygen atoms in total. The van der Waals surface area contributed by atoms with Crippen LogP contribution in [-0.4, -0.2) is 78.7 Å². The van der Waals surface area contributed by atoms with Gasteiger partial charge in [0.05, 0.1) is 19.3 Å². The third kappa shape index (κ3) is 4.55. The SMILES string of the molecule is COc1cccc(C2(O)CCN(C(=O)CN3CCN(c4nccs4)CC3)CC2)c1. The highest BCUT2D eigenvalue weighted by Gasteiger charge is 2.36. The minimum atomic E-state index is -0.898. The Morgan fingerprint density at radius 2 is 1.97 bits per heavy atom. The number of carbonyl (C=O) groups is 1. The second-order valence-electron chi connectivity index (χ2n) is 7.72. The molecule has 0 spiro atoms. The number of ether oxygens (including phenoxy) is 1. The van der Waals surface area contributed by atoms with E-state index in [-0.39, 0.29) is 5.91 Å². The maximum atomic E-state index is 12.8. The maximum absolute atomic E-state index is 12.8. The summed E-state index contributed by atoms with van der Waals surface area (Å²) in [6.45, 7) is 5.13. The number of anilines is 1. The van der Waals surface area contributed by atoms with Crippen LogP contribution in [0.2, 0.25) is 0 Å². The van der Waals surface area contributed by atoms with Crippen LogP contribution < -0.4 is 9.64 Å². The van der Waals surface area contributed by atoms with Crippen molar-refractivity contribution in [1.82, 2.24) is 14.8 Å². The molecule has 0 atom stereocenters. The number of nitrogens with zero attached hydrogens (tertiary/aromatic N) is 4. The maximum Gasteiger partial charge on any atom is 0.236 e. The smallest absolute Gasteiger partial charge is 0.236 e. The van der Waals surface area contributed by atoms with Crippen molar-refractivity contribution in [2.24, 2.45) is 0 Å². The molecule has 1 aromatic carbocycles. The van der Waals surface area contributed by atoms with Crippen LogP contribution in [-0.2, 0) is 10.4 Å². The van der Waals surface area contributed by atoms with Gasteiger partial charge >= 0.3 is 0 Å². The zero-order chi connectivity index (χ0) is 20.3. The first-order valence-corrected chi connectivity index (χ1v) is 11.0. The largest absolute Gasteiger partial charge is 0.497 e. The lowest BCUT2D eigenvalue weighted by atomic mass is 9.84. The molecule has 3 heterocycles. The van der Waals surface area contributed by atoms with Gasteiger partial charge in [-0.2, -0.15) is 0 Å². The first kappa shape index (κ1) is 20.1. The standard InChI is InChI=1S/C21H28N4O3S/c1-28-18-4-2-3-17(15-18)21(27)5-8-24(9-6-21)19(26)16-23-10-12-25(13-11-23)20-22-7-14-29-20/h2-4,7,14-15,27H,5-6,8-13,16H2,1H3. The molecule has 0 radical (unpaired) electrons. The molecule has 8 heteroatoms. The van der Waals surface area contributed by atoms with E-state index < -0.39 is 5.60 Å². The summed E-state index contributed by atoms with van der Waals surface area (Å²) in [6.07, 6.45) is 2.92. The Kier molecular flexibility index (Phi) is 6.03. The first-order chi connectivity index (χ1) is 14.1. The Morgan fingerprint density at radius 1 is 1.21 bits per heavy atom. The molecule has 156 valence electrons. The van der Waals surface area contributed by atoms with Crippen LogP contribution >= 0.6 is 11.3 Å². The second-order valence-corrected chi connectivity index (χ2v) is 8.60. The first-order valence-electron chi connectivity index (χ1n) is 10.1. The number of hydrogen-bond donors (Lipinski definition) is 1. The number of aromatic nitrogens is 1. The van der Waals surface area contributed by atoms with E-state index in [9.17, 15) is 9.90 Å². The zero-order valence-electron chi connectivity index (χ0n) is 16.8. The highest BCUT2D eigenvalue weighted by Crippen LogP contribution is 2.34. The molecule has 2 aliphatic rings. The molecule has 0 saturated carbocycles. The van der Waals surface area contributed by atoms with Crippen LogP contribution in [0.1, 0.15) is 18.4 Å². The molecule has 29 heavy (non-hydrogen) atoms. The number of rotatable bonds is 5. The molecule has 2 aromatic rings. The Morgan fingerprint density at radius 3 is 2.62 bits per heavy atom. The Labute approximate surface area is 175 Å². The van der Waals surface area contributed by atoms with Crippen molar-refractivity contribution in [2.45, 2.75) is 18.4 Å². The van der Waals surface area contributed by atoms with Crippen molar-refractivity contribution in [2.75, 3.05) is 57.8 Å². The predicted octanol–water partition coefficient (Wildman–Crippen LogP) is 1.78. The summed E-state index contributed by atoms with van der Waals surface area (Å²) >= 11 is 1.66. The van der Waals surface area contributed by atoms with E-state index in [1.54, 1.807) is 18.4 Å². The van der Waals surface area contributed by atoms with Gasteiger partial charge in [0.25, 0.3) is 0 Å². The molecule has 0 unspecified atom stereocenters. The summed E-state index contributed by atoms with van der Waals surface area (Å²) in [5.74, 6) is 0.895. The molecule has 2 fully saturated rings. The van der Waals surface area contributed by atoms with Crippen molar-refractivity contribution >= 4 is 22.4 Å². The molecule has 1 aromatic heterocycles. The van der Waals surface area contributed by atoms with E-state index in [1.165, 1.54) is 0 Å². The molecule has 0 aliphatic carbocycles. The van der Waals surface area contributed by atoms with Gasteiger partial charge in [-0.1, -0.05) is 12.1 Å². The van der Waals surface area contributed by atoms with Crippen LogP contribution in [0.5, 0.6) is 5.75 Å². The average molecular weight is 417 g/mol. The van der Waals surface area contributed by atoms with Gasteiger partial charge < -0.3 is 19.6 Å². The van der Waals surface area contributed by atoms with Gasteiger partial charge in [0.15, 0.2) is 5.13 Å². The summed E-state index contributed by atoms with van der Waals surface area (Å²) in [6, 6.07) is 7.59. The number of piperidine rings is 1. The number of carbonyl (C=O) groups excluding carboxylic acids is 1. The fraction of sp³-hybridized carbons (Fsp3) is 0.524. The normalized spacial score (nSPS) is 19.9. The van der Waals surface area contributed by atoms with Crippen molar-refractivity contribution < 1.29 is 14.6 Å². The molecular weight excluding hydrogens is 388 g/mol. The summed E-state index contributed by atoms with van der Waals surface area (Å²) in [5, 5.41) is 14.1. The van der Waals surface area contributed by atoms with Gasteiger partial charge in [0.1, 0.15) is 5.75 Å². The van der Waals surface area contributed by atoms with Crippen molar-refractivity contribution in [3.63, 3.8) is 0 Å². The number of aliphatic hydroxyl groups is 1. The van der Waals surface area contributed by atoms with E-state index in [0.29, 0.717) is 32.5 Å². The van der Waals surface area contributed by atoms with Crippen LogP contribution in [0.25, 0.3) is 0 Å². The molecule has 2 aliphatic heterocycles. The average Bonchev–Trinajstić information content (AvgIpc) is 3.30. The van der Waals surface area contributed by atoms with E-state index in [4.69, 9.17) is 4.74 Å². The van der Waals surface area contributed by atoms with Crippen LogP contribution in [0.15, 0.2) is 35.8 Å². The lowest BCUT2D eigenvalue weighted by Crippen LogP contribution is -2.52. The van der Waals surface area contributed by atoms with Gasteiger partial charge in [-0.15, -0.1) is 11.3 Å². The number of methoxy groups -OCH3 is 1. The van der Waals surface area contributed by atoms with E-state index in [2.05, 4.69) is 14.8 Å². The number of piperazine rings is 1. The minimum Gasteiger partial charge on any atom is -0.497 e. The third-order valence-corrected chi connectivity index (χ3v) is 6.80. The summed E-state index contributed by atoms with van der Waals surface area (Å²) in [4.78, 5) is 23.5. The van der Waals surface area contributed by atoms with E-state index in [0.717, 1.165) is 42.6 Å². The second kappa shape index (κ2) is 8.69. The molecule has 1 N–H and O–H groups in total. The van der Waals surface area contributed by atoms with E-state index in [1.807, 2.05) is 40.7 Å². The zero-order valence-corrected chi connectivity index (χ0v) is 17.6. The van der Waals surface area contributed by atoms with Gasteiger partial charge in [-0.25, -0.2) is 4.98 Å². The number of likely N-dealkylation sites (tertiary alicyclic amines) is 1. The lowest BCUT2D eigenvalue weighted by molar-refractivity contribution is -0.137. The minimum absolute atomic E-state index is 0.153. The summed E-state index contributed by atoms with van der Waals surface area (Å²) in [5.41, 5.74) is -0.0350. The number of hydrogen-bond acceptors (Lipinski definition) is 7. The van der Waals surface area contributed by atoms with E-state index >= 15 is 0 Å². The summed E-state index contributed by atoms with van der Waals surface area (Å²) < 4.78 is 5.28. The topological polar surface area (TPSA) is 69.1 Å². The van der Waals surface area contributed by atoms with Crippen LogP contribution in [0.3, 0.4) is 0 Å². The predicted molar refractivity (Wildman–Crippen MR) is 113 cm³/mol. The van der Waals surface area contributed by atoms with Crippen molar-refractivity contribution in [3.05, 3.63) is 41.4 Å². The highest BCUT2D eigenvalue weighted by atomic mass is 32.1. The van der Waals surface area contributed by atoms with Crippen molar-refractivity contribution in [3.8, 4) is 5.75 Å². The molecule has 0 bridgehead atoms. The highest BCUT2D eigenvalue weighted by molar-refractivity contribution is 7.13. The fourth-order valence-corrected chi connectivity index (χ4v) is 4.78. The third-order valence-electron chi connectivity index (χ3n) is 5.97. The lowest BCUT2D eigenvalue weighted by Gasteiger charge is -2.40. The van der Waals surface area contributed by atoms with Crippen LogP contribution in [0.4, 0.5) is 5.13 Å². The van der Waals surface area contributed by atoms with Gasteiger partial charge in [0.2, 0.25) is 5.91 Å². The number of amides is 1. The quantitative estimate of drug-likeness (QED) is 0.802. The molecular formula is C21H28N4O3S. The number of thiazole rings is 1. The van der Waals surface area contributed by atoms with Crippen molar-refractivity contribution in [1.29, 1.82) is 0 Å². The Bertz CT molecular complexity index is 813. The number of benzene rings is 1. The molecule has 2 saturated heterocycles. The van der Waals surface area contributed by atoms with Crippen LogP contribution in [0, 0.1) is 0 Å². The fourth-order valence-electron chi connectivity index (χ4n) is 4.09. The van der Waals surface area contributed by atoms with Gasteiger partial charge in [0, 0.05) is 50.8 Å². The monoisotopic (exact) mass is 416 g/mol. The summed E-state index contributed by atoms with van der Waals surface area (Å²) in [7, 11) is 1.63. The Hall–Kier alpha value is -2.16. The Balaban J connectivity index is 1.27. The molecule has 1 amide bonds. The molecule has 4 rings (SSSR count). The van der Waals surface area contributed by atoms with Gasteiger partial charge in [-0.05, 0) is 30.5 Å². The van der Waals surface area contributed by atoms with Gasteiger partial charge in [-0.3, -0.25) is 9.69 Å².